The fourth-order valence-electron chi connectivity index (χ4n) is 3.23. The van der Waals surface area contributed by atoms with E-state index in [1.807, 2.05) is 67.3 Å². The smallest absolute Gasteiger partial charge is 0.251 e. The Bertz CT molecular complexity index is 1070. The summed E-state index contributed by atoms with van der Waals surface area (Å²) < 4.78 is 7.78. The Hall–Kier alpha value is -3.16. The monoisotopic (exact) mass is 420 g/mol. The lowest BCUT2D eigenvalue weighted by Gasteiger charge is -2.23. The number of likely N-dealkylation sites (N-methyl/N-ethyl adjacent to an activating group) is 1. The summed E-state index contributed by atoms with van der Waals surface area (Å²) in [6.07, 6.45) is 3.91. The summed E-state index contributed by atoms with van der Waals surface area (Å²) in [5, 5.41) is 5.09. The molecule has 0 saturated carbocycles. The average Bonchev–Trinajstić information content (AvgIpc) is 3.42. The summed E-state index contributed by atoms with van der Waals surface area (Å²) in [5.41, 5.74) is 2.35. The third-order valence-electron chi connectivity index (χ3n) is 4.87. The van der Waals surface area contributed by atoms with Crippen molar-refractivity contribution in [3.05, 3.63) is 88.5 Å². The predicted octanol–water partition coefficient (Wildman–Crippen LogP) is 4.01. The van der Waals surface area contributed by atoms with Crippen molar-refractivity contribution in [1.82, 2.24) is 19.6 Å². The summed E-state index contributed by atoms with van der Waals surface area (Å²) in [6.45, 7) is 0.928. The van der Waals surface area contributed by atoms with Crippen molar-refractivity contribution >= 4 is 22.9 Å². The zero-order valence-electron chi connectivity index (χ0n) is 17.0. The van der Waals surface area contributed by atoms with Crippen LogP contribution in [0, 0.1) is 0 Å². The van der Waals surface area contributed by atoms with Gasteiger partial charge in [0.15, 0.2) is 0 Å². The molecular weight excluding hydrogens is 396 g/mol. The van der Waals surface area contributed by atoms with Crippen LogP contribution in [0.2, 0.25) is 0 Å². The maximum Gasteiger partial charge on any atom is 0.251 e. The molecule has 1 aromatic carbocycles. The maximum atomic E-state index is 12.6. The minimum atomic E-state index is -0.0923. The number of carbonyl (C=O) groups is 1. The van der Waals surface area contributed by atoms with Crippen LogP contribution in [0.25, 0.3) is 5.65 Å². The molecule has 3 aromatic heterocycles. The van der Waals surface area contributed by atoms with Crippen LogP contribution in [0.15, 0.2) is 72.4 Å². The number of imidazole rings is 1. The van der Waals surface area contributed by atoms with E-state index in [2.05, 4.69) is 26.6 Å². The highest BCUT2D eigenvalue weighted by atomic mass is 32.1. The van der Waals surface area contributed by atoms with Crippen LogP contribution in [-0.4, -0.2) is 40.8 Å². The first-order valence-electron chi connectivity index (χ1n) is 9.73. The van der Waals surface area contributed by atoms with E-state index in [1.54, 1.807) is 23.5 Å². The Morgan fingerprint density at radius 3 is 2.70 bits per heavy atom. The SMILES string of the molecule is CN(C)C(CNC(=O)c1ccc(OCc2cn3ccccc3n2)cc1)c1cccs1. The van der Waals surface area contributed by atoms with Crippen molar-refractivity contribution in [2.24, 2.45) is 0 Å². The van der Waals surface area contributed by atoms with Crippen LogP contribution in [-0.2, 0) is 6.61 Å². The van der Waals surface area contributed by atoms with Gasteiger partial charge in [-0.2, -0.15) is 0 Å². The molecule has 4 rings (SSSR count). The number of ether oxygens (including phenoxy) is 1. The number of amides is 1. The van der Waals surface area contributed by atoms with Crippen LogP contribution < -0.4 is 10.1 Å². The molecule has 0 saturated heterocycles. The van der Waals surface area contributed by atoms with E-state index in [-0.39, 0.29) is 11.9 Å². The summed E-state index contributed by atoms with van der Waals surface area (Å²) in [6, 6.07) is 17.3. The molecule has 1 atom stereocenters. The molecule has 3 heterocycles. The minimum Gasteiger partial charge on any atom is -0.487 e. The van der Waals surface area contributed by atoms with Gasteiger partial charge in [0, 0.05) is 29.4 Å². The van der Waals surface area contributed by atoms with Gasteiger partial charge < -0.3 is 19.4 Å². The number of carbonyl (C=O) groups excluding carboxylic acids is 1. The maximum absolute atomic E-state index is 12.6. The van der Waals surface area contributed by atoms with Gasteiger partial charge in [0.2, 0.25) is 0 Å². The molecule has 1 unspecified atom stereocenters. The third-order valence-corrected chi connectivity index (χ3v) is 5.84. The van der Waals surface area contributed by atoms with Crippen molar-refractivity contribution in [2.45, 2.75) is 12.6 Å². The lowest BCUT2D eigenvalue weighted by molar-refractivity contribution is 0.0942. The summed E-state index contributed by atoms with van der Waals surface area (Å²) in [5.74, 6) is 0.610. The molecule has 0 fully saturated rings. The Morgan fingerprint density at radius 2 is 2.00 bits per heavy atom. The number of hydrogen-bond acceptors (Lipinski definition) is 5. The van der Waals surface area contributed by atoms with Gasteiger partial charge >= 0.3 is 0 Å². The van der Waals surface area contributed by atoms with Crippen LogP contribution in [0.5, 0.6) is 5.75 Å². The van der Waals surface area contributed by atoms with Crippen molar-refractivity contribution in [3.63, 3.8) is 0 Å². The molecule has 30 heavy (non-hydrogen) atoms. The molecule has 4 aromatic rings. The fraction of sp³-hybridized carbons (Fsp3) is 0.217. The normalized spacial score (nSPS) is 12.2. The molecule has 0 aliphatic heterocycles. The van der Waals surface area contributed by atoms with Gasteiger partial charge in [0.1, 0.15) is 18.0 Å². The van der Waals surface area contributed by atoms with Gasteiger partial charge in [0.25, 0.3) is 5.91 Å². The van der Waals surface area contributed by atoms with Crippen LogP contribution in [0.1, 0.15) is 27.0 Å². The molecule has 0 aliphatic rings. The van der Waals surface area contributed by atoms with E-state index in [9.17, 15) is 4.79 Å². The summed E-state index contributed by atoms with van der Waals surface area (Å²) in [7, 11) is 4.04. The Balaban J connectivity index is 1.32. The number of nitrogens with one attached hydrogen (secondary N) is 1. The molecule has 1 amide bonds. The number of hydrogen-bond donors (Lipinski definition) is 1. The summed E-state index contributed by atoms with van der Waals surface area (Å²) >= 11 is 1.70. The lowest BCUT2D eigenvalue weighted by atomic mass is 10.2. The topological polar surface area (TPSA) is 58.9 Å². The number of fused-ring (bicyclic) bond motifs is 1. The van der Waals surface area contributed by atoms with Crippen LogP contribution >= 0.6 is 11.3 Å². The van der Waals surface area contributed by atoms with Crippen LogP contribution in [0.4, 0.5) is 0 Å². The molecular formula is C23H24N4O2S. The fourth-order valence-corrected chi connectivity index (χ4v) is 4.15. The highest BCUT2D eigenvalue weighted by Gasteiger charge is 2.16. The van der Waals surface area contributed by atoms with E-state index in [1.165, 1.54) is 4.88 Å². The van der Waals surface area contributed by atoms with E-state index < -0.39 is 0 Å². The number of pyridine rings is 1. The zero-order valence-corrected chi connectivity index (χ0v) is 17.8. The second-order valence-corrected chi connectivity index (χ2v) is 8.20. The van der Waals surface area contributed by atoms with Crippen molar-refractivity contribution < 1.29 is 9.53 Å². The van der Waals surface area contributed by atoms with Gasteiger partial charge in [-0.1, -0.05) is 12.1 Å². The van der Waals surface area contributed by atoms with Gasteiger partial charge in [-0.3, -0.25) is 4.79 Å². The Labute approximate surface area is 179 Å². The van der Waals surface area contributed by atoms with Crippen molar-refractivity contribution in [2.75, 3.05) is 20.6 Å². The van der Waals surface area contributed by atoms with Crippen molar-refractivity contribution in [3.8, 4) is 5.75 Å². The average molecular weight is 421 g/mol. The summed E-state index contributed by atoms with van der Waals surface area (Å²) in [4.78, 5) is 20.4. The van der Waals surface area contributed by atoms with Crippen LogP contribution in [0.3, 0.4) is 0 Å². The lowest BCUT2D eigenvalue weighted by Crippen LogP contribution is -2.34. The molecule has 6 nitrogen and oxygen atoms in total. The predicted molar refractivity (Wildman–Crippen MR) is 119 cm³/mol. The zero-order chi connectivity index (χ0) is 20.9. The second-order valence-electron chi connectivity index (χ2n) is 7.22. The first kappa shape index (κ1) is 20.1. The van der Waals surface area contributed by atoms with Gasteiger partial charge in [-0.25, -0.2) is 4.98 Å². The minimum absolute atomic E-state index is 0.0923. The first-order chi connectivity index (χ1) is 14.6. The standard InChI is InChI=1S/C23H24N4O2S/c1-26(2)20(21-6-5-13-30-21)14-24-23(28)17-8-10-19(11-9-17)29-16-18-15-27-12-4-3-7-22(27)25-18/h3-13,15,20H,14,16H2,1-2H3,(H,24,28). The van der Waals surface area contributed by atoms with E-state index in [0.717, 1.165) is 11.3 Å². The Kier molecular flexibility index (Phi) is 6.11. The number of thiophene rings is 1. The molecule has 7 heteroatoms. The Morgan fingerprint density at radius 1 is 1.17 bits per heavy atom. The van der Waals surface area contributed by atoms with Gasteiger partial charge in [-0.15, -0.1) is 11.3 Å². The van der Waals surface area contributed by atoms with E-state index in [4.69, 9.17) is 4.74 Å². The molecule has 1 N–H and O–H groups in total. The number of benzene rings is 1. The quantitative estimate of drug-likeness (QED) is 0.468. The molecule has 0 spiro atoms. The van der Waals surface area contributed by atoms with Crippen molar-refractivity contribution in [1.29, 1.82) is 0 Å². The first-order valence-corrected chi connectivity index (χ1v) is 10.6. The number of nitrogens with zero attached hydrogens (tertiary/aromatic N) is 3. The van der Waals surface area contributed by atoms with E-state index >= 15 is 0 Å². The molecule has 0 bridgehead atoms. The number of aromatic nitrogens is 2. The highest BCUT2D eigenvalue weighted by molar-refractivity contribution is 7.10. The molecule has 0 aliphatic carbocycles. The highest BCUT2D eigenvalue weighted by Crippen LogP contribution is 2.22. The van der Waals surface area contributed by atoms with Gasteiger partial charge in [-0.05, 0) is 61.9 Å². The largest absolute Gasteiger partial charge is 0.487 e. The third kappa shape index (κ3) is 4.69. The molecule has 0 radical (unpaired) electrons. The van der Waals surface area contributed by atoms with Gasteiger partial charge in [0.05, 0.1) is 11.7 Å². The molecule has 154 valence electrons. The second kappa shape index (κ2) is 9.11. The van der Waals surface area contributed by atoms with E-state index in [0.29, 0.717) is 24.5 Å². The number of rotatable bonds is 8.